The van der Waals surface area contributed by atoms with Gasteiger partial charge >= 0.3 is 0 Å². The summed E-state index contributed by atoms with van der Waals surface area (Å²) in [6, 6.07) is 15.2. The van der Waals surface area contributed by atoms with Gasteiger partial charge in [0.05, 0.1) is 16.5 Å². The first-order valence-corrected chi connectivity index (χ1v) is 8.57. The fraction of sp³-hybridized carbons (Fsp3) is 0.118. The van der Waals surface area contributed by atoms with Gasteiger partial charge in [-0.1, -0.05) is 65.7 Å². The fourth-order valence-corrected chi connectivity index (χ4v) is 3.68. The Morgan fingerprint density at radius 2 is 1.91 bits per heavy atom. The summed E-state index contributed by atoms with van der Waals surface area (Å²) in [4.78, 5) is 13.9. The van der Waals surface area contributed by atoms with Crippen LogP contribution in [0.5, 0.6) is 0 Å². The molecule has 2 aromatic carbocycles. The molecule has 0 spiro atoms. The van der Waals surface area contributed by atoms with E-state index in [1.54, 1.807) is 34.9 Å². The second kappa shape index (κ2) is 6.78. The van der Waals surface area contributed by atoms with Crippen LogP contribution in [0.15, 0.2) is 54.6 Å². The summed E-state index contributed by atoms with van der Waals surface area (Å²) < 4.78 is 0. The predicted molar refractivity (Wildman–Crippen MR) is 95.7 cm³/mol. The lowest BCUT2D eigenvalue weighted by Crippen LogP contribution is -2.31. The van der Waals surface area contributed by atoms with Crippen LogP contribution in [0.2, 0.25) is 10.0 Å². The summed E-state index contributed by atoms with van der Waals surface area (Å²) in [6.07, 6.45) is 4.03. The normalized spacial score (nSPS) is 18.4. The van der Waals surface area contributed by atoms with Gasteiger partial charge in [0.25, 0.3) is 0 Å². The molecule has 3 rings (SSSR count). The molecule has 0 bridgehead atoms. The van der Waals surface area contributed by atoms with Crippen LogP contribution in [0, 0.1) is 0 Å². The first kappa shape index (κ1) is 15.5. The number of thioether (sulfide) groups is 1. The molecule has 1 atom stereocenters. The summed E-state index contributed by atoms with van der Waals surface area (Å²) >= 11 is 13.9. The molecule has 0 radical (unpaired) electrons. The number of rotatable bonds is 3. The highest BCUT2D eigenvalue weighted by Gasteiger charge is 2.32. The molecule has 2 nitrogen and oxygen atoms in total. The van der Waals surface area contributed by atoms with E-state index in [1.165, 1.54) is 0 Å². The van der Waals surface area contributed by atoms with E-state index in [-0.39, 0.29) is 11.3 Å². The minimum absolute atomic E-state index is 0.0388. The Morgan fingerprint density at radius 3 is 2.68 bits per heavy atom. The SMILES string of the molecule is O=C1CS[C@H](/C=C/c2ccccc2)N1c1cc(Cl)ccc1Cl. The number of benzene rings is 2. The number of amides is 1. The van der Waals surface area contributed by atoms with Gasteiger partial charge in [-0.15, -0.1) is 11.8 Å². The van der Waals surface area contributed by atoms with Crippen LogP contribution in [-0.2, 0) is 4.79 Å². The molecule has 0 N–H and O–H groups in total. The number of carbonyl (C=O) groups excluding carboxylic acids is 1. The molecule has 112 valence electrons. The molecule has 1 heterocycles. The average molecular weight is 350 g/mol. The highest BCUT2D eigenvalue weighted by Crippen LogP contribution is 2.37. The van der Waals surface area contributed by atoms with Gasteiger partial charge in [0, 0.05) is 5.02 Å². The van der Waals surface area contributed by atoms with Gasteiger partial charge in [0.15, 0.2) is 0 Å². The summed E-state index contributed by atoms with van der Waals surface area (Å²) in [6.45, 7) is 0. The van der Waals surface area contributed by atoms with E-state index in [2.05, 4.69) is 0 Å². The van der Waals surface area contributed by atoms with Crippen LogP contribution in [0.3, 0.4) is 0 Å². The number of hydrogen-bond acceptors (Lipinski definition) is 2. The van der Waals surface area contributed by atoms with Gasteiger partial charge < -0.3 is 0 Å². The van der Waals surface area contributed by atoms with E-state index in [1.807, 2.05) is 42.5 Å². The van der Waals surface area contributed by atoms with Crippen LogP contribution in [0.4, 0.5) is 5.69 Å². The summed E-state index contributed by atoms with van der Waals surface area (Å²) in [5, 5.41) is 1.01. The van der Waals surface area contributed by atoms with Crippen LogP contribution < -0.4 is 4.90 Å². The van der Waals surface area contributed by atoms with Crippen molar-refractivity contribution in [2.24, 2.45) is 0 Å². The smallest absolute Gasteiger partial charge is 0.238 e. The third kappa shape index (κ3) is 3.32. The van der Waals surface area contributed by atoms with Crippen molar-refractivity contribution in [2.45, 2.75) is 5.37 Å². The van der Waals surface area contributed by atoms with E-state index >= 15 is 0 Å². The number of hydrogen-bond donors (Lipinski definition) is 0. The molecule has 22 heavy (non-hydrogen) atoms. The third-order valence-electron chi connectivity index (χ3n) is 3.32. The lowest BCUT2D eigenvalue weighted by molar-refractivity contribution is -0.115. The average Bonchev–Trinajstić information content (AvgIpc) is 2.89. The third-order valence-corrected chi connectivity index (χ3v) is 5.00. The Balaban J connectivity index is 1.90. The van der Waals surface area contributed by atoms with Crippen molar-refractivity contribution in [1.29, 1.82) is 0 Å². The van der Waals surface area contributed by atoms with E-state index in [0.29, 0.717) is 21.5 Å². The van der Waals surface area contributed by atoms with Crippen molar-refractivity contribution in [2.75, 3.05) is 10.7 Å². The zero-order valence-electron chi connectivity index (χ0n) is 11.6. The van der Waals surface area contributed by atoms with Gasteiger partial charge in [-0.2, -0.15) is 0 Å². The molecule has 1 saturated heterocycles. The lowest BCUT2D eigenvalue weighted by atomic mass is 10.2. The first-order valence-electron chi connectivity index (χ1n) is 6.77. The topological polar surface area (TPSA) is 20.3 Å². The Morgan fingerprint density at radius 1 is 1.14 bits per heavy atom. The van der Waals surface area contributed by atoms with Crippen LogP contribution in [-0.4, -0.2) is 17.0 Å². The lowest BCUT2D eigenvalue weighted by Gasteiger charge is -2.22. The van der Waals surface area contributed by atoms with Crippen LogP contribution in [0.1, 0.15) is 5.56 Å². The predicted octanol–water partition coefficient (Wildman–Crippen LogP) is 5.11. The summed E-state index contributed by atoms with van der Waals surface area (Å²) in [5.74, 6) is 0.476. The largest absolute Gasteiger partial charge is 0.294 e. The summed E-state index contributed by atoms with van der Waals surface area (Å²) in [7, 11) is 0. The number of nitrogens with zero attached hydrogens (tertiary/aromatic N) is 1. The zero-order valence-corrected chi connectivity index (χ0v) is 13.9. The fourth-order valence-electron chi connectivity index (χ4n) is 2.28. The molecule has 0 aromatic heterocycles. The molecule has 5 heteroatoms. The summed E-state index contributed by atoms with van der Waals surface area (Å²) in [5.41, 5.74) is 1.76. The monoisotopic (exact) mass is 349 g/mol. The van der Waals surface area contributed by atoms with E-state index in [9.17, 15) is 4.79 Å². The van der Waals surface area contributed by atoms with E-state index < -0.39 is 0 Å². The zero-order chi connectivity index (χ0) is 15.5. The second-order valence-corrected chi connectivity index (χ2v) is 6.78. The minimum atomic E-state index is -0.0799. The second-order valence-electron chi connectivity index (χ2n) is 4.83. The maximum Gasteiger partial charge on any atom is 0.238 e. The van der Waals surface area contributed by atoms with Crippen molar-refractivity contribution < 1.29 is 4.79 Å². The van der Waals surface area contributed by atoms with Gasteiger partial charge in [-0.05, 0) is 23.8 Å². The maximum atomic E-state index is 12.2. The quantitative estimate of drug-likeness (QED) is 0.766. The highest BCUT2D eigenvalue weighted by molar-refractivity contribution is 8.01. The van der Waals surface area contributed by atoms with Crippen molar-refractivity contribution in [3.63, 3.8) is 0 Å². The number of halogens is 2. The molecule has 1 aliphatic heterocycles. The molecule has 2 aromatic rings. The molecular formula is C17H13Cl2NOS. The Labute approximate surface area is 143 Å². The standard InChI is InChI=1S/C17H13Cl2NOS/c18-13-7-8-14(19)15(10-13)20-16(21)11-22-17(20)9-6-12-4-2-1-3-5-12/h1-10,17H,11H2/b9-6+/t17-/m1/s1. The van der Waals surface area contributed by atoms with Crippen molar-refractivity contribution >= 4 is 52.6 Å². The molecular weight excluding hydrogens is 337 g/mol. The molecule has 1 aliphatic rings. The van der Waals surface area contributed by atoms with E-state index in [4.69, 9.17) is 23.2 Å². The first-order chi connectivity index (χ1) is 10.6. The van der Waals surface area contributed by atoms with Gasteiger partial charge in [0.2, 0.25) is 5.91 Å². The number of anilines is 1. The molecule has 0 unspecified atom stereocenters. The van der Waals surface area contributed by atoms with Gasteiger partial charge in [0.1, 0.15) is 5.37 Å². The maximum absolute atomic E-state index is 12.2. The molecule has 0 saturated carbocycles. The van der Waals surface area contributed by atoms with E-state index in [0.717, 1.165) is 5.56 Å². The Bertz CT molecular complexity index is 718. The van der Waals surface area contributed by atoms with Gasteiger partial charge in [-0.3, -0.25) is 9.69 Å². The van der Waals surface area contributed by atoms with Crippen molar-refractivity contribution in [3.8, 4) is 0 Å². The Kier molecular flexibility index (Phi) is 4.77. The molecule has 1 fully saturated rings. The number of carbonyl (C=O) groups is 1. The van der Waals surface area contributed by atoms with Crippen LogP contribution >= 0.6 is 35.0 Å². The highest BCUT2D eigenvalue weighted by atomic mass is 35.5. The van der Waals surface area contributed by atoms with Gasteiger partial charge in [-0.25, -0.2) is 0 Å². The van der Waals surface area contributed by atoms with Crippen LogP contribution in [0.25, 0.3) is 6.08 Å². The Hall–Kier alpha value is -1.42. The molecule has 0 aliphatic carbocycles. The van der Waals surface area contributed by atoms with Crippen molar-refractivity contribution in [1.82, 2.24) is 0 Å². The molecule has 1 amide bonds. The minimum Gasteiger partial charge on any atom is -0.294 e. The van der Waals surface area contributed by atoms with Crippen molar-refractivity contribution in [3.05, 3.63) is 70.2 Å².